The number of rotatable bonds is 5. The van der Waals surface area contributed by atoms with Gasteiger partial charge in [0.15, 0.2) is 0 Å². The van der Waals surface area contributed by atoms with E-state index in [2.05, 4.69) is 26.3 Å². The number of anilines is 1. The molecule has 0 spiro atoms. The first kappa shape index (κ1) is 14.6. The van der Waals surface area contributed by atoms with Gasteiger partial charge in [0.05, 0.1) is 25.5 Å². The molecule has 5 nitrogen and oxygen atoms in total. The number of methoxy groups -OCH3 is 1. The van der Waals surface area contributed by atoms with Crippen LogP contribution >= 0.6 is 15.9 Å². The summed E-state index contributed by atoms with van der Waals surface area (Å²) in [6.07, 6.45) is 1.65. The van der Waals surface area contributed by atoms with Crippen LogP contribution in [0.4, 0.5) is 5.69 Å². The molecule has 0 aliphatic carbocycles. The van der Waals surface area contributed by atoms with Gasteiger partial charge < -0.3 is 10.1 Å². The topological polar surface area (TPSA) is 56.1 Å². The molecule has 0 amide bonds. The van der Waals surface area contributed by atoms with Gasteiger partial charge in [0, 0.05) is 22.6 Å². The standard InChI is InChI=1S/C14H16BrN3O2/c1-3-16-12-7-14(19)18(17-8-12)9-10-6-11(15)4-5-13(10)20-2/h4-8,16H,3,9H2,1-2H3. The Morgan fingerprint density at radius 1 is 1.40 bits per heavy atom. The maximum atomic E-state index is 12.0. The van der Waals surface area contributed by atoms with Crippen LogP contribution in [-0.2, 0) is 6.54 Å². The van der Waals surface area contributed by atoms with Crippen molar-refractivity contribution in [2.75, 3.05) is 19.0 Å². The van der Waals surface area contributed by atoms with E-state index >= 15 is 0 Å². The summed E-state index contributed by atoms with van der Waals surface area (Å²) < 4.78 is 7.64. The normalized spacial score (nSPS) is 10.3. The average molecular weight is 338 g/mol. The summed E-state index contributed by atoms with van der Waals surface area (Å²) >= 11 is 3.42. The molecule has 0 atom stereocenters. The lowest BCUT2D eigenvalue weighted by atomic mass is 10.2. The number of ether oxygens (including phenoxy) is 1. The lowest BCUT2D eigenvalue weighted by Crippen LogP contribution is -2.23. The predicted molar refractivity (Wildman–Crippen MR) is 82.5 cm³/mol. The van der Waals surface area contributed by atoms with Crippen molar-refractivity contribution in [3.63, 3.8) is 0 Å². The minimum absolute atomic E-state index is 0.148. The van der Waals surface area contributed by atoms with Gasteiger partial charge in [-0.2, -0.15) is 5.10 Å². The Bertz CT molecular complexity index is 655. The number of hydrogen-bond donors (Lipinski definition) is 1. The molecule has 0 bridgehead atoms. The fraction of sp³-hybridized carbons (Fsp3) is 0.286. The fourth-order valence-corrected chi connectivity index (χ4v) is 2.29. The molecule has 1 aromatic heterocycles. The van der Waals surface area contributed by atoms with Crippen LogP contribution in [0.3, 0.4) is 0 Å². The first-order chi connectivity index (χ1) is 9.63. The Labute approximate surface area is 125 Å². The molecule has 0 radical (unpaired) electrons. The van der Waals surface area contributed by atoms with E-state index in [0.717, 1.165) is 28.0 Å². The molecule has 6 heteroatoms. The van der Waals surface area contributed by atoms with E-state index in [1.165, 1.54) is 4.68 Å². The molecule has 20 heavy (non-hydrogen) atoms. The first-order valence-corrected chi connectivity index (χ1v) is 7.06. The Hall–Kier alpha value is -1.82. The van der Waals surface area contributed by atoms with Crippen LogP contribution in [0.1, 0.15) is 12.5 Å². The Morgan fingerprint density at radius 3 is 2.85 bits per heavy atom. The molecule has 0 aliphatic rings. The molecule has 1 aromatic carbocycles. The highest BCUT2D eigenvalue weighted by Gasteiger charge is 2.07. The largest absolute Gasteiger partial charge is 0.496 e. The van der Waals surface area contributed by atoms with Crippen LogP contribution in [0.2, 0.25) is 0 Å². The van der Waals surface area contributed by atoms with Gasteiger partial charge in [-0.15, -0.1) is 0 Å². The van der Waals surface area contributed by atoms with Gasteiger partial charge in [0.2, 0.25) is 0 Å². The molecule has 0 saturated heterocycles. The van der Waals surface area contributed by atoms with Gasteiger partial charge >= 0.3 is 0 Å². The second-order valence-electron chi connectivity index (χ2n) is 4.23. The average Bonchev–Trinajstić information content (AvgIpc) is 2.42. The van der Waals surface area contributed by atoms with Crippen LogP contribution in [0, 0.1) is 0 Å². The van der Waals surface area contributed by atoms with Crippen molar-refractivity contribution >= 4 is 21.6 Å². The number of nitrogens with zero attached hydrogens (tertiary/aromatic N) is 2. The third-order valence-corrected chi connectivity index (χ3v) is 3.31. The van der Waals surface area contributed by atoms with E-state index in [-0.39, 0.29) is 5.56 Å². The summed E-state index contributed by atoms with van der Waals surface area (Å²) in [5.74, 6) is 0.734. The third-order valence-electron chi connectivity index (χ3n) is 2.81. The van der Waals surface area contributed by atoms with Gasteiger partial charge in [-0.3, -0.25) is 4.79 Å². The molecule has 2 aromatic rings. The highest BCUT2D eigenvalue weighted by Crippen LogP contribution is 2.23. The summed E-state index contributed by atoms with van der Waals surface area (Å²) in [4.78, 5) is 12.0. The smallest absolute Gasteiger partial charge is 0.269 e. The molecule has 2 rings (SSSR count). The van der Waals surface area contributed by atoms with E-state index in [0.29, 0.717) is 6.54 Å². The molecular formula is C14H16BrN3O2. The van der Waals surface area contributed by atoms with Gasteiger partial charge in [-0.1, -0.05) is 15.9 Å². The van der Waals surface area contributed by atoms with Crippen LogP contribution < -0.4 is 15.6 Å². The number of aromatic nitrogens is 2. The van der Waals surface area contributed by atoms with Crippen molar-refractivity contribution in [1.29, 1.82) is 0 Å². The minimum Gasteiger partial charge on any atom is -0.496 e. The van der Waals surface area contributed by atoms with Gasteiger partial charge in [-0.25, -0.2) is 4.68 Å². The zero-order valence-corrected chi connectivity index (χ0v) is 13.0. The number of halogens is 1. The molecule has 106 valence electrons. The lowest BCUT2D eigenvalue weighted by molar-refractivity contribution is 0.406. The van der Waals surface area contributed by atoms with E-state index in [1.54, 1.807) is 19.4 Å². The number of hydrogen-bond acceptors (Lipinski definition) is 4. The number of benzene rings is 1. The molecule has 0 aliphatic heterocycles. The minimum atomic E-state index is -0.148. The third kappa shape index (κ3) is 3.39. The van der Waals surface area contributed by atoms with E-state index in [1.807, 2.05) is 25.1 Å². The summed E-state index contributed by atoms with van der Waals surface area (Å²) in [6.45, 7) is 3.09. The molecule has 0 saturated carbocycles. The van der Waals surface area contributed by atoms with E-state index in [9.17, 15) is 4.79 Å². The SMILES string of the molecule is CCNc1cnn(Cc2cc(Br)ccc2OC)c(=O)c1. The molecular weight excluding hydrogens is 322 g/mol. The van der Waals surface area contributed by atoms with E-state index < -0.39 is 0 Å². The molecule has 0 unspecified atom stereocenters. The highest BCUT2D eigenvalue weighted by atomic mass is 79.9. The van der Waals surface area contributed by atoms with Crippen molar-refractivity contribution < 1.29 is 4.74 Å². The molecule has 0 fully saturated rings. The summed E-state index contributed by atoms with van der Waals surface area (Å²) in [5, 5.41) is 7.23. The maximum absolute atomic E-state index is 12.0. The molecule has 1 N–H and O–H groups in total. The van der Waals surface area contributed by atoms with Gasteiger partial charge in [0.25, 0.3) is 5.56 Å². The number of nitrogens with one attached hydrogen (secondary N) is 1. The van der Waals surface area contributed by atoms with Gasteiger partial charge in [0.1, 0.15) is 5.75 Å². The fourth-order valence-electron chi connectivity index (χ4n) is 1.89. The summed E-state index contributed by atoms with van der Waals surface area (Å²) in [6, 6.07) is 7.22. The summed E-state index contributed by atoms with van der Waals surface area (Å²) in [5.41, 5.74) is 1.48. The predicted octanol–water partition coefficient (Wildman–Crippen LogP) is 2.49. The van der Waals surface area contributed by atoms with Crippen LogP contribution in [0.5, 0.6) is 5.75 Å². The Morgan fingerprint density at radius 2 is 2.20 bits per heavy atom. The van der Waals surface area contributed by atoms with Crippen molar-refractivity contribution in [3.8, 4) is 5.75 Å². The van der Waals surface area contributed by atoms with Crippen LogP contribution in [-0.4, -0.2) is 23.4 Å². The summed E-state index contributed by atoms with van der Waals surface area (Å²) in [7, 11) is 1.61. The molecule has 1 heterocycles. The van der Waals surface area contributed by atoms with Crippen LogP contribution in [0.15, 0.2) is 39.7 Å². The second-order valence-corrected chi connectivity index (χ2v) is 5.14. The van der Waals surface area contributed by atoms with Crippen molar-refractivity contribution in [3.05, 3.63) is 50.9 Å². The Kier molecular flexibility index (Phi) is 4.79. The van der Waals surface area contributed by atoms with E-state index in [4.69, 9.17) is 4.74 Å². The highest BCUT2D eigenvalue weighted by molar-refractivity contribution is 9.10. The van der Waals surface area contributed by atoms with Crippen molar-refractivity contribution in [2.24, 2.45) is 0 Å². The Balaban J connectivity index is 2.30. The van der Waals surface area contributed by atoms with Crippen LogP contribution in [0.25, 0.3) is 0 Å². The quantitative estimate of drug-likeness (QED) is 0.910. The first-order valence-electron chi connectivity index (χ1n) is 6.27. The maximum Gasteiger partial charge on any atom is 0.269 e. The van der Waals surface area contributed by atoms with Crippen molar-refractivity contribution in [2.45, 2.75) is 13.5 Å². The lowest BCUT2D eigenvalue weighted by Gasteiger charge is -2.10. The monoisotopic (exact) mass is 337 g/mol. The zero-order valence-electron chi connectivity index (χ0n) is 11.4. The zero-order chi connectivity index (χ0) is 14.5. The second kappa shape index (κ2) is 6.56. The van der Waals surface area contributed by atoms with Crippen molar-refractivity contribution in [1.82, 2.24) is 9.78 Å². The van der Waals surface area contributed by atoms with Gasteiger partial charge in [-0.05, 0) is 25.1 Å².